The highest BCUT2D eigenvalue weighted by atomic mass is 16.1. The summed E-state index contributed by atoms with van der Waals surface area (Å²) >= 11 is 0. The Balaban J connectivity index is 1.62. The fraction of sp³-hybridized carbons (Fsp3) is 0.375. The first-order chi connectivity index (χ1) is 10.2. The molecular formula is C16H20N4O. The molecule has 5 nitrogen and oxygen atoms in total. The minimum atomic E-state index is -0.00680. The van der Waals surface area contributed by atoms with Gasteiger partial charge in [-0.1, -0.05) is 0 Å². The van der Waals surface area contributed by atoms with Crippen molar-refractivity contribution in [1.29, 1.82) is 0 Å². The summed E-state index contributed by atoms with van der Waals surface area (Å²) < 4.78 is 1.91. The lowest BCUT2D eigenvalue weighted by molar-refractivity contribution is 0.0926. The molecule has 5 heteroatoms. The van der Waals surface area contributed by atoms with Gasteiger partial charge in [-0.15, -0.1) is 0 Å². The van der Waals surface area contributed by atoms with Gasteiger partial charge in [0.1, 0.15) is 0 Å². The van der Waals surface area contributed by atoms with Gasteiger partial charge in [-0.25, -0.2) is 4.98 Å². The molecule has 3 N–H and O–H groups in total. The lowest BCUT2D eigenvalue weighted by atomic mass is 9.91. The molecule has 1 fully saturated rings. The maximum absolute atomic E-state index is 12.2. The summed E-state index contributed by atoms with van der Waals surface area (Å²) in [5, 5.41) is 3.10. The minimum Gasteiger partial charge on any atom is -0.349 e. The molecule has 0 saturated heterocycles. The predicted octanol–water partition coefficient (Wildman–Crippen LogP) is 1.87. The number of benzene rings is 1. The maximum atomic E-state index is 12.2. The molecule has 1 amide bonds. The van der Waals surface area contributed by atoms with Crippen LogP contribution in [0.2, 0.25) is 0 Å². The van der Waals surface area contributed by atoms with E-state index in [0.717, 1.165) is 31.4 Å². The number of hydrogen-bond donors (Lipinski definition) is 2. The molecule has 0 aliphatic heterocycles. The maximum Gasteiger partial charge on any atom is 0.251 e. The van der Waals surface area contributed by atoms with Gasteiger partial charge in [0.05, 0.1) is 6.33 Å². The van der Waals surface area contributed by atoms with Crippen LogP contribution in [0, 0.1) is 0 Å². The predicted molar refractivity (Wildman–Crippen MR) is 81.3 cm³/mol. The first-order valence-electron chi connectivity index (χ1n) is 7.37. The van der Waals surface area contributed by atoms with E-state index in [4.69, 9.17) is 5.73 Å². The third kappa shape index (κ3) is 3.31. The Labute approximate surface area is 124 Å². The van der Waals surface area contributed by atoms with Crippen molar-refractivity contribution in [3.8, 4) is 5.69 Å². The van der Waals surface area contributed by atoms with Crippen LogP contribution in [0.1, 0.15) is 36.0 Å². The molecule has 1 aliphatic rings. The number of hydrogen-bond acceptors (Lipinski definition) is 3. The molecule has 2 aromatic rings. The number of amides is 1. The molecule has 0 bridgehead atoms. The van der Waals surface area contributed by atoms with Crippen LogP contribution < -0.4 is 11.1 Å². The van der Waals surface area contributed by atoms with Crippen molar-refractivity contribution in [3.05, 3.63) is 48.5 Å². The second kappa shape index (κ2) is 6.10. The van der Waals surface area contributed by atoms with E-state index in [1.807, 2.05) is 35.0 Å². The monoisotopic (exact) mass is 284 g/mol. The Morgan fingerprint density at radius 1 is 1.19 bits per heavy atom. The molecule has 1 aromatic heterocycles. The number of nitrogens with two attached hydrogens (primary N) is 1. The lowest BCUT2D eigenvalue weighted by Crippen LogP contribution is -2.40. The zero-order valence-electron chi connectivity index (χ0n) is 11.9. The minimum absolute atomic E-state index is 0.00680. The summed E-state index contributed by atoms with van der Waals surface area (Å²) in [5.74, 6) is -0.00680. The summed E-state index contributed by atoms with van der Waals surface area (Å²) in [6.07, 6.45) is 9.27. The number of imidazole rings is 1. The number of carbonyl (C=O) groups excluding carboxylic acids is 1. The van der Waals surface area contributed by atoms with Crippen LogP contribution in [0.25, 0.3) is 5.69 Å². The third-order valence-corrected chi connectivity index (χ3v) is 4.04. The van der Waals surface area contributed by atoms with Crippen LogP contribution in [0.15, 0.2) is 43.0 Å². The summed E-state index contributed by atoms with van der Waals surface area (Å²) in [6, 6.07) is 8.09. The van der Waals surface area contributed by atoms with Gasteiger partial charge in [-0.05, 0) is 49.9 Å². The fourth-order valence-electron chi connectivity index (χ4n) is 2.73. The molecule has 1 aromatic carbocycles. The van der Waals surface area contributed by atoms with E-state index in [-0.39, 0.29) is 11.9 Å². The van der Waals surface area contributed by atoms with Crippen LogP contribution >= 0.6 is 0 Å². The van der Waals surface area contributed by atoms with E-state index >= 15 is 0 Å². The zero-order chi connectivity index (χ0) is 14.7. The van der Waals surface area contributed by atoms with Crippen molar-refractivity contribution in [2.45, 2.75) is 37.8 Å². The molecule has 110 valence electrons. The van der Waals surface area contributed by atoms with Gasteiger partial charge in [0, 0.05) is 35.7 Å². The van der Waals surface area contributed by atoms with E-state index in [9.17, 15) is 4.79 Å². The average Bonchev–Trinajstić information content (AvgIpc) is 3.04. The van der Waals surface area contributed by atoms with E-state index in [0.29, 0.717) is 11.6 Å². The third-order valence-electron chi connectivity index (χ3n) is 4.04. The molecule has 1 heterocycles. The van der Waals surface area contributed by atoms with Crippen LogP contribution in [0.5, 0.6) is 0 Å². The van der Waals surface area contributed by atoms with Gasteiger partial charge in [-0.3, -0.25) is 4.79 Å². The smallest absolute Gasteiger partial charge is 0.251 e. The Bertz CT molecular complexity index is 583. The van der Waals surface area contributed by atoms with E-state index in [1.54, 1.807) is 12.5 Å². The van der Waals surface area contributed by atoms with Crippen LogP contribution in [0.4, 0.5) is 0 Å². The lowest BCUT2D eigenvalue weighted by Gasteiger charge is -2.26. The topological polar surface area (TPSA) is 72.9 Å². The molecule has 0 unspecified atom stereocenters. The van der Waals surface area contributed by atoms with Crippen LogP contribution in [-0.2, 0) is 0 Å². The van der Waals surface area contributed by atoms with Gasteiger partial charge < -0.3 is 15.6 Å². The quantitative estimate of drug-likeness (QED) is 0.903. The second-order valence-corrected chi connectivity index (χ2v) is 5.60. The zero-order valence-corrected chi connectivity index (χ0v) is 11.9. The van der Waals surface area contributed by atoms with Gasteiger partial charge in [0.2, 0.25) is 0 Å². The van der Waals surface area contributed by atoms with Gasteiger partial charge >= 0.3 is 0 Å². The molecule has 1 saturated carbocycles. The molecule has 21 heavy (non-hydrogen) atoms. The molecule has 3 rings (SSSR count). The number of nitrogens with zero attached hydrogens (tertiary/aromatic N) is 2. The van der Waals surface area contributed by atoms with Gasteiger partial charge in [0.15, 0.2) is 0 Å². The molecule has 0 atom stereocenters. The summed E-state index contributed by atoms with van der Waals surface area (Å²) in [7, 11) is 0. The highest BCUT2D eigenvalue weighted by Crippen LogP contribution is 2.17. The number of rotatable bonds is 3. The summed E-state index contributed by atoms with van der Waals surface area (Å²) in [6.45, 7) is 0. The van der Waals surface area contributed by atoms with Gasteiger partial charge in [-0.2, -0.15) is 0 Å². The van der Waals surface area contributed by atoms with E-state index in [1.165, 1.54) is 0 Å². The summed E-state index contributed by atoms with van der Waals surface area (Å²) in [4.78, 5) is 16.2. The number of aromatic nitrogens is 2. The van der Waals surface area contributed by atoms with Crippen molar-refractivity contribution in [2.24, 2.45) is 5.73 Å². The van der Waals surface area contributed by atoms with Crippen molar-refractivity contribution in [3.63, 3.8) is 0 Å². The Morgan fingerprint density at radius 3 is 2.52 bits per heavy atom. The molecule has 0 spiro atoms. The normalized spacial score (nSPS) is 22.0. The Hall–Kier alpha value is -2.14. The first-order valence-corrected chi connectivity index (χ1v) is 7.37. The Morgan fingerprint density at radius 2 is 1.90 bits per heavy atom. The SMILES string of the molecule is NC1CCC(NC(=O)c2ccc(-n3ccnc3)cc2)CC1. The highest BCUT2D eigenvalue weighted by molar-refractivity contribution is 5.94. The largest absolute Gasteiger partial charge is 0.349 e. The van der Waals surface area contributed by atoms with Gasteiger partial charge in [0.25, 0.3) is 5.91 Å². The summed E-state index contributed by atoms with van der Waals surface area (Å²) in [5.41, 5.74) is 7.56. The van der Waals surface area contributed by atoms with E-state index in [2.05, 4.69) is 10.3 Å². The average molecular weight is 284 g/mol. The van der Waals surface area contributed by atoms with Crippen molar-refractivity contribution in [2.75, 3.05) is 0 Å². The van der Waals surface area contributed by atoms with Crippen molar-refractivity contribution < 1.29 is 4.79 Å². The number of carbonyl (C=O) groups is 1. The molecule has 0 radical (unpaired) electrons. The van der Waals surface area contributed by atoms with Crippen molar-refractivity contribution in [1.82, 2.24) is 14.9 Å². The first kappa shape index (κ1) is 13.8. The van der Waals surface area contributed by atoms with E-state index < -0.39 is 0 Å². The number of nitrogens with one attached hydrogen (secondary N) is 1. The molecular weight excluding hydrogens is 264 g/mol. The molecule has 1 aliphatic carbocycles. The Kier molecular flexibility index (Phi) is 4.01. The second-order valence-electron chi connectivity index (χ2n) is 5.60. The standard InChI is InChI=1S/C16H20N4O/c17-13-3-5-14(6-4-13)19-16(21)12-1-7-15(8-2-12)20-10-9-18-11-20/h1-2,7-11,13-14H,3-6,17H2,(H,19,21). The van der Waals surface area contributed by atoms with Crippen LogP contribution in [-0.4, -0.2) is 27.5 Å². The van der Waals surface area contributed by atoms with Crippen molar-refractivity contribution >= 4 is 5.91 Å². The highest BCUT2D eigenvalue weighted by Gasteiger charge is 2.20. The fourth-order valence-corrected chi connectivity index (χ4v) is 2.73. The van der Waals surface area contributed by atoms with Crippen LogP contribution in [0.3, 0.4) is 0 Å².